The summed E-state index contributed by atoms with van der Waals surface area (Å²) < 4.78 is 0. The van der Waals surface area contributed by atoms with E-state index in [2.05, 4.69) is 0 Å². The molecule has 7 heteroatoms. The van der Waals surface area contributed by atoms with E-state index in [0.717, 1.165) is 27.2 Å². The van der Waals surface area contributed by atoms with Gasteiger partial charge in [0, 0.05) is 5.02 Å². The maximum absolute atomic E-state index is 13.8. The third kappa shape index (κ3) is 2.18. The van der Waals surface area contributed by atoms with E-state index in [9.17, 15) is 9.59 Å². The lowest BCUT2D eigenvalue weighted by Gasteiger charge is -2.54. The van der Waals surface area contributed by atoms with E-state index in [1.54, 1.807) is 12.1 Å². The Labute approximate surface area is 198 Å². The van der Waals surface area contributed by atoms with Crippen molar-refractivity contribution < 1.29 is 9.59 Å². The molecule has 0 saturated carbocycles. The highest BCUT2D eigenvalue weighted by Gasteiger charge is 2.73. The van der Waals surface area contributed by atoms with Gasteiger partial charge in [0.2, 0.25) is 11.8 Å². The first-order valence-electron chi connectivity index (χ1n) is 9.72. The van der Waals surface area contributed by atoms with Crippen LogP contribution >= 0.6 is 46.4 Å². The van der Waals surface area contributed by atoms with Crippen LogP contribution in [0.2, 0.25) is 10.0 Å². The lowest BCUT2D eigenvalue weighted by molar-refractivity contribution is -0.122. The molecule has 0 unspecified atom stereocenters. The molecule has 3 aromatic carbocycles. The number of benzene rings is 3. The maximum atomic E-state index is 13.8. The van der Waals surface area contributed by atoms with Gasteiger partial charge in [0.1, 0.15) is 9.75 Å². The summed E-state index contributed by atoms with van der Waals surface area (Å²) in [6, 6.07) is 19.7. The van der Waals surface area contributed by atoms with Gasteiger partial charge in [-0.3, -0.25) is 9.59 Å². The molecule has 3 nitrogen and oxygen atoms in total. The van der Waals surface area contributed by atoms with Crippen molar-refractivity contribution in [2.24, 2.45) is 11.8 Å². The number of anilines is 1. The Kier molecular flexibility index (Phi) is 3.97. The zero-order chi connectivity index (χ0) is 21.7. The minimum absolute atomic E-state index is 0.211. The molecular formula is C24H13Cl4NO2. The van der Waals surface area contributed by atoms with Crippen molar-refractivity contribution in [1.29, 1.82) is 0 Å². The summed E-state index contributed by atoms with van der Waals surface area (Å²) in [5, 5.41) is 0.621. The standard InChI is InChI=1S/C24H13Cl4NO2/c25-12-9-10-18(17(26)11-12)29-21(30)19-20(22(29)31)24(28)14-6-2-1-5-13(14)23(19,27)15-7-3-4-8-16(15)24/h1-11,19-20H/t19-,20-,23?,24?/m0/s1. The molecule has 0 radical (unpaired) electrons. The van der Waals surface area contributed by atoms with Crippen LogP contribution in [0.5, 0.6) is 0 Å². The Morgan fingerprint density at radius 3 is 1.48 bits per heavy atom. The summed E-state index contributed by atoms with van der Waals surface area (Å²) >= 11 is 27.2. The van der Waals surface area contributed by atoms with E-state index in [-0.39, 0.29) is 10.7 Å². The third-order valence-electron chi connectivity index (χ3n) is 6.74. The second kappa shape index (κ2) is 6.26. The van der Waals surface area contributed by atoms with Gasteiger partial charge in [0.25, 0.3) is 0 Å². The molecule has 1 heterocycles. The normalized spacial score (nSPS) is 30.3. The molecule has 4 aliphatic rings. The number of amides is 2. The molecule has 3 aromatic rings. The Balaban J connectivity index is 1.66. The molecule has 0 N–H and O–H groups in total. The van der Waals surface area contributed by atoms with Gasteiger partial charge in [-0.05, 0) is 40.5 Å². The highest BCUT2D eigenvalue weighted by atomic mass is 35.5. The van der Waals surface area contributed by atoms with Crippen LogP contribution in [0.1, 0.15) is 22.3 Å². The number of hydrogen-bond acceptors (Lipinski definition) is 2. The molecule has 0 spiro atoms. The van der Waals surface area contributed by atoms with Gasteiger partial charge in [0.05, 0.1) is 22.5 Å². The molecule has 7 rings (SSSR count). The molecule has 154 valence electrons. The number of carbonyl (C=O) groups excluding carboxylic acids is 2. The van der Waals surface area contributed by atoms with Crippen molar-refractivity contribution >= 4 is 63.9 Å². The molecular weight excluding hydrogens is 476 g/mol. The van der Waals surface area contributed by atoms with Crippen molar-refractivity contribution in [3.8, 4) is 0 Å². The van der Waals surface area contributed by atoms with Crippen LogP contribution < -0.4 is 4.90 Å². The van der Waals surface area contributed by atoms with Gasteiger partial charge >= 0.3 is 0 Å². The minimum atomic E-state index is -1.21. The molecule has 1 saturated heterocycles. The van der Waals surface area contributed by atoms with Crippen molar-refractivity contribution in [1.82, 2.24) is 0 Å². The number of carbonyl (C=O) groups is 2. The van der Waals surface area contributed by atoms with Crippen LogP contribution in [-0.4, -0.2) is 11.8 Å². The molecule has 1 aliphatic heterocycles. The van der Waals surface area contributed by atoms with Gasteiger partial charge in [-0.15, -0.1) is 23.2 Å². The zero-order valence-electron chi connectivity index (χ0n) is 15.8. The number of rotatable bonds is 1. The average molecular weight is 489 g/mol. The quantitative estimate of drug-likeness (QED) is 0.307. The van der Waals surface area contributed by atoms with Crippen LogP contribution in [0.4, 0.5) is 5.69 Å². The number of halogens is 4. The fourth-order valence-corrected chi connectivity index (χ4v) is 7.16. The summed E-state index contributed by atoms with van der Waals surface area (Å²) in [5.41, 5.74) is 3.32. The van der Waals surface area contributed by atoms with E-state index < -0.39 is 33.4 Å². The molecule has 2 bridgehead atoms. The van der Waals surface area contributed by atoms with Gasteiger partial charge < -0.3 is 0 Å². The lowest BCUT2D eigenvalue weighted by Crippen LogP contribution is -2.57. The molecule has 1 fully saturated rings. The van der Waals surface area contributed by atoms with Crippen LogP contribution in [-0.2, 0) is 19.3 Å². The van der Waals surface area contributed by atoms with Crippen molar-refractivity contribution in [3.63, 3.8) is 0 Å². The lowest BCUT2D eigenvalue weighted by atomic mass is 9.54. The van der Waals surface area contributed by atoms with E-state index in [1.165, 1.54) is 6.07 Å². The number of imide groups is 1. The van der Waals surface area contributed by atoms with Crippen LogP contribution in [0.25, 0.3) is 0 Å². The zero-order valence-corrected chi connectivity index (χ0v) is 18.8. The number of alkyl halides is 2. The van der Waals surface area contributed by atoms with E-state index in [0.29, 0.717) is 5.02 Å². The van der Waals surface area contributed by atoms with E-state index >= 15 is 0 Å². The Morgan fingerprint density at radius 1 is 0.677 bits per heavy atom. The SMILES string of the molecule is O=C1[C@@H]2[C@@H](C(=O)N1c1ccc(Cl)cc1Cl)C1(Cl)c3ccccc3C2(Cl)c2ccccc21. The van der Waals surface area contributed by atoms with Crippen LogP contribution in [0, 0.1) is 11.8 Å². The molecule has 2 atom stereocenters. The second-order valence-electron chi connectivity index (χ2n) is 8.08. The predicted octanol–water partition coefficient (Wildman–Crippen LogP) is 6.09. The van der Waals surface area contributed by atoms with Gasteiger partial charge in [0.15, 0.2) is 0 Å². The summed E-state index contributed by atoms with van der Waals surface area (Å²) in [5.74, 6) is -2.56. The Morgan fingerprint density at radius 2 is 1.10 bits per heavy atom. The van der Waals surface area contributed by atoms with Crippen molar-refractivity contribution in [2.45, 2.75) is 9.75 Å². The first-order valence-corrected chi connectivity index (χ1v) is 11.2. The smallest absolute Gasteiger partial charge is 0.240 e. The van der Waals surface area contributed by atoms with Gasteiger partial charge in [-0.25, -0.2) is 4.90 Å². The summed E-state index contributed by atoms with van der Waals surface area (Å²) in [4.78, 5) is 26.3. The second-order valence-corrected chi connectivity index (χ2v) is 10.1. The van der Waals surface area contributed by atoms with E-state index in [4.69, 9.17) is 46.4 Å². The fraction of sp³-hybridized carbons (Fsp3) is 0.167. The Hall–Kier alpha value is -2.04. The van der Waals surface area contributed by atoms with Gasteiger partial charge in [-0.2, -0.15) is 0 Å². The fourth-order valence-electron chi connectivity index (χ4n) is 5.57. The van der Waals surface area contributed by atoms with Crippen LogP contribution in [0.15, 0.2) is 66.7 Å². The number of nitrogens with zero attached hydrogens (tertiary/aromatic N) is 1. The summed E-state index contributed by atoms with van der Waals surface area (Å²) in [6.07, 6.45) is 0. The van der Waals surface area contributed by atoms with E-state index in [1.807, 2.05) is 48.5 Å². The first kappa shape index (κ1) is 19.6. The molecule has 3 aliphatic carbocycles. The first-order chi connectivity index (χ1) is 14.8. The summed E-state index contributed by atoms with van der Waals surface area (Å²) in [7, 11) is 0. The highest BCUT2D eigenvalue weighted by Crippen LogP contribution is 2.69. The monoisotopic (exact) mass is 487 g/mol. The average Bonchev–Trinajstić information content (AvgIpc) is 3.04. The molecule has 0 aromatic heterocycles. The van der Waals surface area contributed by atoms with Crippen molar-refractivity contribution in [3.05, 3.63) is 99.0 Å². The van der Waals surface area contributed by atoms with Gasteiger partial charge in [-0.1, -0.05) is 71.7 Å². The summed E-state index contributed by atoms with van der Waals surface area (Å²) in [6.45, 7) is 0. The largest absolute Gasteiger partial charge is 0.274 e. The van der Waals surface area contributed by atoms with Crippen LogP contribution in [0.3, 0.4) is 0 Å². The number of hydrogen-bond donors (Lipinski definition) is 0. The highest BCUT2D eigenvalue weighted by molar-refractivity contribution is 6.41. The molecule has 31 heavy (non-hydrogen) atoms. The molecule has 2 amide bonds. The Bertz CT molecular complexity index is 1200. The van der Waals surface area contributed by atoms with Crippen molar-refractivity contribution in [2.75, 3.05) is 4.90 Å². The predicted molar refractivity (Wildman–Crippen MR) is 122 cm³/mol. The minimum Gasteiger partial charge on any atom is -0.274 e. The topological polar surface area (TPSA) is 37.4 Å². The maximum Gasteiger partial charge on any atom is 0.240 e. The third-order valence-corrected chi connectivity index (χ3v) is 8.56.